The summed E-state index contributed by atoms with van der Waals surface area (Å²) in [6, 6.07) is 6.89. The van der Waals surface area contributed by atoms with Crippen molar-refractivity contribution < 1.29 is 9.90 Å². The van der Waals surface area contributed by atoms with Gasteiger partial charge in [0.2, 0.25) is 5.95 Å². The monoisotopic (exact) mass is 260 g/mol. The summed E-state index contributed by atoms with van der Waals surface area (Å²) in [6.07, 6.45) is 0. The van der Waals surface area contributed by atoms with Crippen molar-refractivity contribution in [3.8, 4) is 0 Å². The Kier molecular flexibility index (Phi) is 3.50. The van der Waals surface area contributed by atoms with Crippen LogP contribution in [-0.4, -0.2) is 41.2 Å². The standard InChI is InChI=1S/C13H16N4O2/c1-8(12(18)19)14-13-15-10-7-5-4-6-9(10)11(16-13)17(2)3/h4-8H,1-3H3,(H,18,19)(H,14,15,16)/t8-/m1/s1. The van der Waals surface area contributed by atoms with Crippen molar-refractivity contribution in [2.45, 2.75) is 13.0 Å². The van der Waals surface area contributed by atoms with E-state index >= 15 is 0 Å². The van der Waals surface area contributed by atoms with Crippen LogP contribution in [0.15, 0.2) is 24.3 Å². The molecule has 0 fully saturated rings. The second kappa shape index (κ2) is 5.09. The number of hydrogen-bond acceptors (Lipinski definition) is 5. The molecular weight excluding hydrogens is 244 g/mol. The van der Waals surface area contributed by atoms with Crippen LogP contribution in [0.4, 0.5) is 11.8 Å². The number of nitrogens with one attached hydrogen (secondary N) is 1. The molecule has 19 heavy (non-hydrogen) atoms. The van der Waals surface area contributed by atoms with Gasteiger partial charge in [-0.15, -0.1) is 0 Å². The first-order chi connectivity index (χ1) is 8.99. The first-order valence-electron chi connectivity index (χ1n) is 5.92. The van der Waals surface area contributed by atoms with Gasteiger partial charge in [-0.25, -0.2) is 4.98 Å². The minimum absolute atomic E-state index is 0.317. The largest absolute Gasteiger partial charge is 0.480 e. The Morgan fingerprint density at radius 3 is 2.63 bits per heavy atom. The molecule has 0 aliphatic carbocycles. The van der Waals surface area contributed by atoms with Crippen molar-refractivity contribution >= 4 is 28.6 Å². The third-order valence-corrected chi connectivity index (χ3v) is 2.72. The van der Waals surface area contributed by atoms with Crippen LogP contribution in [0, 0.1) is 0 Å². The molecule has 100 valence electrons. The van der Waals surface area contributed by atoms with E-state index in [1.54, 1.807) is 6.92 Å². The molecule has 1 aromatic heterocycles. The van der Waals surface area contributed by atoms with E-state index < -0.39 is 12.0 Å². The number of rotatable bonds is 4. The molecule has 6 nitrogen and oxygen atoms in total. The van der Waals surface area contributed by atoms with Gasteiger partial charge >= 0.3 is 5.97 Å². The maximum atomic E-state index is 10.9. The van der Waals surface area contributed by atoms with Gasteiger partial charge in [-0.2, -0.15) is 4.98 Å². The van der Waals surface area contributed by atoms with Gasteiger partial charge in [-0.1, -0.05) is 12.1 Å². The summed E-state index contributed by atoms with van der Waals surface area (Å²) in [5.41, 5.74) is 0.779. The van der Waals surface area contributed by atoms with Crippen molar-refractivity contribution in [3.63, 3.8) is 0 Å². The van der Waals surface area contributed by atoms with Crippen LogP contribution in [0.5, 0.6) is 0 Å². The minimum Gasteiger partial charge on any atom is -0.480 e. The number of aromatic nitrogens is 2. The third kappa shape index (κ3) is 2.73. The van der Waals surface area contributed by atoms with E-state index in [1.165, 1.54) is 0 Å². The maximum absolute atomic E-state index is 10.9. The summed E-state index contributed by atoms with van der Waals surface area (Å²) in [4.78, 5) is 21.4. The van der Waals surface area contributed by atoms with E-state index in [0.717, 1.165) is 16.7 Å². The van der Waals surface area contributed by atoms with E-state index in [-0.39, 0.29) is 0 Å². The topological polar surface area (TPSA) is 78.4 Å². The third-order valence-electron chi connectivity index (χ3n) is 2.72. The van der Waals surface area contributed by atoms with Crippen molar-refractivity contribution in [2.24, 2.45) is 0 Å². The molecule has 0 spiro atoms. The highest BCUT2D eigenvalue weighted by Gasteiger charge is 2.14. The molecule has 6 heteroatoms. The predicted octanol–water partition coefficient (Wildman–Crippen LogP) is 1.58. The Morgan fingerprint density at radius 1 is 1.32 bits per heavy atom. The second-order valence-corrected chi connectivity index (χ2v) is 4.49. The Bertz CT molecular complexity index is 613. The summed E-state index contributed by atoms with van der Waals surface area (Å²) in [5, 5.41) is 12.6. The molecule has 0 unspecified atom stereocenters. The number of hydrogen-bond donors (Lipinski definition) is 2. The molecule has 0 aliphatic heterocycles. The van der Waals surface area contributed by atoms with Gasteiger partial charge in [0.05, 0.1) is 5.52 Å². The van der Waals surface area contributed by atoms with E-state index in [4.69, 9.17) is 5.11 Å². The quantitative estimate of drug-likeness (QED) is 0.869. The number of para-hydroxylation sites is 1. The summed E-state index contributed by atoms with van der Waals surface area (Å²) >= 11 is 0. The number of carboxylic acid groups (broad SMARTS) is 1. The second-order valence-electron chi connectivity index (χ2n) is 4.49. The average Bonchev–Trinajstić information content (AvgIpc) is 2.37. The number of fused-ring (bicyclic) bond motifs is 1. The van der Waals surface area contributed by atoms with Crippen LogP contribution in [0.1, 0.15) is 6.92 Å². The van der Waals surface area contributed by atoms with Crippen LogP contribution < -0.4 is 10.2 Å². The van der Waals surface area contributed by atoms with Crippen LogP contribution in [-0.2, 0) is 4.79 Å². The number of carboxylic acids is 1. The van der Waals surface area contributed by atoms with Gasteiger partial charge in [0.15, 0.2) is 0 Å². The highest BCUT2D eigenvalue weighted by atomic mass is 16.4. The Hall–Kier alpha value is -2.37. The van der Waals surface area contributed by atoms with Gasteiger partial charge < -0.3 is 15.3 Å². The molecule has 0 saturated heterocycles. The molecule has 0 bridgehead atoms. The van der Waals surface area contributed by atoms with Gasteiger partial charge in [-0.05, 0) is 19.1 Å². The van der Waals surface area contributed by atoms with Crippen molar-refractivity contribution in [1.29, 1.82) is 0 Å². The SMILES string of the molecule is C[C@@H](Nc1nc(N(C)C)c2ccccc2n1)C(=O)O. The fraction of sp³-hybridized carbons (Fsp3) is 0.308. The smallest absolute Gasteiger partial charge is 0.325 e. The summed E-state index contributed by atoms with van der Waals surface area (Å²) in [5.74, 6) is 0.131. The predicted molar refractivity (Wildman–Crippen MR) is 74.6 cm³/mol. The Labute approximate surface area is 111 Å². The first kappa shape index (κ1) is 13.1. The molecule has 0 radical (unpaired) electrons. The van der Waals surface area contributed by atoms with Crippen LogP contribution >= 0.6 is 0 Å². The zero-order chi connectivity index (χ0) is 14.0. The van der Waals surface area contributed by atoms with E-state index in [2.05, 4.69) is 15.3 Å². The van der Waals surface area contributed by atoms with Crippen molar-refractivity contribution in [1.82, 2.24) is 9.97 Å². The molecule has 0 amide bonds. The van der Waals surface area contributed by atoms with E-state index in [9.17, 15) is 4.79 Å². The highest BCUT2D eigenvalue weighted by molar-refractivity contribution is 5.90. The normalized spacial score (nSPS) is 12.2. The van der Waals surface area contributed by atoms with E-state index in [1.807, 2.05) is 43.3 Å². The average molecular weight is 260 g/mol. The molecule has 0 saturated carbocycles. The maximum Gasteiger partial charge on any atom is 0.325 e. The van der Waals surface area contributed by atoms with Gasteiger partial charge in [0, 0.05) is 19.5 Å². The van der Waals surface area contributed by atoms with E-state index in [0.29, 0.717) is 5.95 Å². The summed E-state index contributed by atoms with van der Waals surface area (Å²) < 4.78 is 0. The fourth-order valence-electron chi connectivity index (χ4n) is 1.72. The van der Waals surface area contributed by atoms with Crippen LogP contribution in [0.25, 0.3) is 10.9 Å². The number of aliphatic carboxylic acids is 1. The van der Waals surface area contributed by atoms with Gasteiger partial charge in [0.1, 0.15) is 11.9 Å². The molecule has 1 heterocycles. The molecule has 0 aliphatic rings. The zero-order valence-electron chi connectivity index (χ0n) is 11.1. The Balaban J connectivity index is 2.49. The summed E-state index contributed by atoms with van der Waals surface area (Å²) in [7, 11) is 3.78. The minimum atomic E-state index is -0.942. The number of benzene rings is 1. The lowest BCUT2D eigenvalue weighted by Gasteiger charge is -2.16. The van der Waals surface area contributed by atoms with Gasteiger partial charge in [-0.3, -0.25) is 4.79 Å². The molecule has 2 aromatic rings. The highest BCUT2D eigenvalue weighted by Crippen LogP contribution is 2.23. The van der Waals surface area contributed by atoms with Crippen molar-refractivity contribution in [3.05, 3.63) is 24.3 Å². The molecule has 2 rings (SSSR count). The lowest BCUT2D eigenvalue weighted by atomic mass is 10.2. The van der Waals surface area contributed by atoms with Crippen LogP contribution in [0.3, 0.4) is 0 Å². The summed E-state index contributed by atoms with van der Waals surface area (Å²) in [6.45, 7) is 1.55. The fourth-order valence-corrected chi connectivity index (χ4v) is 1.72. The lowest BCUT2D eigenvalue weighted by molar-refractivity contribution is -0.137. The Morgan fingerprint density at radius 2 is 2.00 bits per heavy atom. The number of nitrogens with zero attached hydrogens (tertiary/aromatic N) is 3. The zero-order valence-corrected chi connectivity index (χ0v) is 11.1. The van der Waals surface area contributed by atoms with Crippen LogP contribution in [0.2, 0.25) is 0 Å². The first-order valence-corrected chi connectivity index (χ1v) is 5.92. The lowest BCUT2D eigenvalue weighted by Crippen LogP contribution is -2.27. The molecule has 2 N–H and O–H groups in total. The molecule has 1 atom stereocenters. The number of anilines is 2. The molecule has 1 aromatic carbocycles. The molecular formula is C13H16N4O2. The van der Waals surface area contributed by atoms with Gasteiger partial charge in [0.25, 0.3) is 0 Å². The number of carbonyl (C=O) groups is 1. The van der Waals surface area contributed by atoms with Crippen molar-refractivity contribution in [2.75, 3.05) is 24.3 Å².